The third kappa shape index (κ3) is 2.69. The summed E-state index contributed by atoms with van der Waals surface area (Å²) in [6, 6.07) is 7.18. The Bertz CT molecular complexity index is 661. The molecule has 0 bridgehead atoms. The normalized spacial score (nSPS) is 10.3. The molecule has 2 amide bonds. The number of carbonyl (C=O) groups excluding carboxylic acids is 2. The van der Waals surface area contributed by atoms with Crippen LogP contribution in [0.5, 0.6) is 0 Å². The Balaban J connectivity index is 2.28. The van der Waals surface area contributed by atoms with Crippen molar-refractivity contribution < 1.29 is 9.59 Å². The van der Waals surface area contributed by atoms with Gasteiger partial charge in [-0.3, -0.25) is 14.3 Å². The lowest BCUT2D eigenvalue weighted by atomic mass is 10.1. The van der Waals surface area contributed by atoms with Crippen LogP contribution in [0.4, 0.5) is 5.69 Å². The second-order valence-electron chi connectivity index (χ2n) is 4.41. The first-order chi connectivity index (χ1) is 9.52. The van der Waals surface area contributed by atoms with E-state index in [1.54, 1.807) is 18.2 Å². The molecule has 0 spiro atoms. The quantitative estimate of drug-likeness (QED) is 0.885. The van der Waals surface area contributed by atoms with E-state index in [1.807, 2.05) is 19.9 Å². The molecule has 104 valence electrons. The summed E-state index contributed by atoms with van der Waals surface area (Å²) in [6.07, 6.45) is 1.43. The molecule has 0 radical (unpaired) electrons. The van der Waals surface area contributed by atoms with Gasteiger partial charge >= 0.3 is 0 Å². The first-order valence-corrected chi connectivity index (χ1v) is 6.26. The highest BCUT2D eigenvalue weighted by molar-refractivity contribution is 6.08. The maximum absolute atomic E-state index is 12.1. The molecule has 0 atom stereocenters. The van der Waals surface area contributed by atoms with Crippen LogP contribution in [0.1, 0.15) is 33.3 Å². The van der Waals surface area contributed by atoms with Crippen LogP contribution in [0.25, 0.3) is 0 Å². The number of nitrogens with zero attached hydrogens (tertiary/aromatic N) is 2. The Morgan fingerprint density at radius 2 is 2.15 bits per heavy atom. The number of benzene rings is 1. The standard InChI is InChI=1S/C14H16N4O2/c1-3-18-12(13(15)19)11(8-16-18)17-14(20)10-6-4-5-9(2)7-10/h4-8H,3H2,1-2H3,(H2,15,19)(H,17,20). The summed E-state index contributed by atoms with van der Waals surface area (Å²) in [5.41, 5.74) is 7.35. The van der Waals surface area contributed by atoms with E-state index in [9.17, 15) is 9.59 Å². The second-order valence-corrected chi connectivity index (χ2v) is 4.41. The molecule has 1 aromatic heterocycles. The lowest BCUT2D eigenvalue weighted by Crippen LogP contribution is -2.21. The van der Waals surface area contributed by atoms with Gasteiger partial charge in [0.15, 0.2) is 0 Å². The molecule has 0 saturated heterocycles. The van der Waals surface area contributed by atoms with Crippen molar-refractivity contribution >= 4 is 17.5 Å². The number of amides is 2. The van der Waals surface area contributed by atoms with Gasteiger partial charge < -0.3 is 11.1 Å². The van der Waals surface area contributed by atoms with Crippen molar-refractivity contribution in [2.24, 2.45) is 5.73 Å². The number of carbonyl (C=O) groups is 2. The average molecular weight is 272 g/mol. The highest BCUT2D eigenvalue weighted by Crippen LogP contribution is 2.16. The molecular weight excluding hydrogens is 256 g/mol. The van der Waals surface area contributed by atoms with Crippen LogP contribution in [0.15, 0.2) is 30.5 Å². The maximum atomic E-state index is 12.1. The molecule has 0 aliphatic rings. The molecule has 1 heterocycles. The van der Waals surface area contributed by atoms with E-state index in [-0.39, 0.29) is 11.6 Å². The Morgan fingerprint density at radius 3 is 2.75 bits per heavy atom. The molecule has 2 aromatic rings. The summed E-state index contributed by atoms with van der Waals surface area (Å²) in [7, 11) is 0. The van der Waals surface area contributed by atoms with Gasteiger partial charge in [-0.25, -0.2) is 0 Å². The van der Waals surface area contributed by atoms with E-state index >= 15 is 0 Å². The van der Waals surface area contributed by atoms with E-state index in [2.05, 4.69) is 10.4 Å². The minimum atomic E-state index is -0.621. The summed E-state index contributed by atoms with van der Waals surface area (Å²) < 4.78 is 1.45. The number of aromatic nitrogens is 2. The lowest BCUT2D eigenvalue weighted by Gasteiger charge is -2.06. The third-order valence-electron chi connectivity index (χ3n) is 2.90. The summed E-state index contributed by atoms with van der Waals surface area (Å²) in [5.74, 6) is -0.921. The maximum Gasteiger partial charge on any atom is 0.269 e. The number of hydrogen-bond donors (Lipinski definition) is 2. The molecular formula is C14H16N4O2. The Hall–Kier alpha value is -2.63. The molecule has 1 aromatic carbocycles. The van der Waals surface area contributed by atoms with Crippen LogP contribution < -0.4 is 11.1 Å². The summed E-state index contributed by atoms with van der Waals surface area (Å²) in [4.78, 5) is 23.6. The molecule has 3 N–H and O–H groups in total. The van der Waals surface area contributed by atoms with Crippen LogP contribution in [0.2, 0.25) is 0 Å². The molecule has 6 nitrogen and oxygen atoms in total. The predicted octanol–water partition coefficient (Wildman–Crippen LogP) is 1.56. The number of aryl methyl sites for hydroxylation is 2. The zero-order valence-electron chi connectivity index (χ0n) is 11.4. The summed E-state index contributed by atoms with van der Waals surface area (Å²) >= 11 is 0. The zero-order chi connectivity index (χ0) is 14.7. The van der Waals surface area contributed by atoms with Gasteiger partial charge in [0.1, 0.15) is 5.69 Å². The van der Waals surface area contributed by atoms with Crippen LogP contribution in [-0.4, -0.2) is 21.6 Å². The van der Waals surface area contributed by atoms with Crippen LogP contribution >= 0.6 is 0 Å². The van der Waals surface area contributed by atoms with E-state index in [4.69, 9.17) is 5.73 Å². The topological polar surface area (TPSA) is 90.0 Å². The van der Waals surface area contributed by atoms with Gasteiger partial charge in [0.2, 0.25) is 0 Å². The van der Waals surface area contributed by atoms with Crippen LogP contribution in [0, 0.1) is 6.92 Å². The minimum absolute atomic E-state index is 0.202. The molecule has 2 rings (SSSR count). The molecule has 6 heteroatoms. The fourth-order valence-corrected chi connectivity index (χ4v) is 1.96. The predicted molar refractivity (Wildman–Crippen MR) is 75.6 cm³/mol. The van der Waals surface area contributed by atoms with E-state index < -0.39 is 5.91 Å². The molecule has 0 aliphatic heterocycles. The Morgan fingerprint density at radius 1 is 1.40 bits per heavy atom. The van der Waals surface area contributed by atoms with Gasteiger partial charge in [-0.1, -0.05) is 17.7 Å². The van der Waals surface area contributed by atoms with E-state index in [0.717, 1.165) is 5.56 Å². The largest absolute Gasteiger partial charge is 0.364 e. The Labute approximate surface area is 116 Å². The number of rotatable bonds is 4. The summed E-state index contributed by atoms with van der Waals surface area (Å²) in [5, 5.41) is 6.69. The molecule has 0 unspecified atom stereocenters. The summed E-state index contributed by atoms with van der Waals surface area (Å²) in [6.45, 7) is 4.24. The SMILES string of the molecule is CCn1ncc(NC(=O)c2cccc(C)c2)c1C(N)=O. The number of hydrogen-bond acceptors (Lipinski definition) is 3. The van der Waals surface area contributed by atoms with Crippen molar-refractivity contribution in [1.29, 1.82) is 0 Å². The monoisotopic (exact) mass is 272 g/mol. The van der Waals surface area contributed by atoms with Gasteiger partial charge in [0, 0.05) is 12.1 Å². The van der Waals surface area contributed by atoms with Crippen molar-refractivity contribution in [2.45, 2.75) is 20.4 Å². The van der Waals surface area contributed by atoms with Gasteiger partial charge in [-0.2, -0.15) is 5.10 Å². The van der Waals surface area contributed by atoms with Crippen molar-refractivity contribution in [3.05, 3.63) is 47.3 Å². The zero-order valence-corrected chi connectivity index (χ0v) is 11.4. The average Bonchev–Trinajstić information content (AvgIpc) is 2.81. The molecule has 0 saturated carbocycles. The van der Waals surface area contributed by atoms with Crippen molar-refractivity contribution in [1.82, 2.24) is 9.78 Å². The number of anilines is 1. The fourth-order valence-electron chi connectivity index (χ4n) is 1.96. The van der Waals surface area contributed by atoms with E-state index in [1.165, 1.54) is 10.9 Å². The van der Waals surface area contributed by atoms with Crippen LogP contribution in [0.3, 0.4) is 0 Å². The number of nitrogens with two attached hydrogens (primary N) is 1. The first-order valence-electron chi connectivity index (χ1n) is 6.26. The lowest BCUT2D eigenvalue weighted by molar-refractivity contribution is 0.0991. The van der Waals surface area contributed by atoms with Gasteiger partial charge in [0.05, 0.1) is 11.9 Å². The molecule has 0 fully saturated rings. The smallest absolute Gasteiger partial charge is 0.269 e. The minimum Gasteiger partial charge on any atom is -0.364 e. The van der Waals surface area contributed by atoms with Gasteiger partial charge in [0.25, 0.3) is 11.8 Å². The fraction of sp³-hybridized carbons (Fsp3) is 0.214. The number of nitrogens with one attached hydrogen (secondary N) is 1. The highest BCUT2D eigenvalue weighted by Gasteiger charge is 2.17. The van der Waals surface area contributed by atoms with E-state index in [0.29, 0.717) is 17.8 Å². The van der Waals surface area contributed by atoms with Crippen molar-refractivity contribution in [3.63, 3.8) is 0 Å². The molecule has 0 aliphatic carbocycles. The van der Waals surface area contributed by atoms with Crippen molar-refractivity contribution in [3.8, 4) is 0 Å². The van der Waals surface area contributed by atoms with Gasteiger partial charge in [-0.15, -0.1) is 0 Å². The second kappa shape index (κ2) is 5.56. The third-order valence-corrected chi connectivity index (χ3v) is 2.90. The van der Waals surface area contributed by atoms with Gasteiger partial charge in [-0.05, 0) is 26.0 Å². The van der Waals surface area contributed by atoms with Crippen LogP contribution in [-0.2, 0) is 6.54 Å². The Kier molecular flexibility index (Phi) is 3.84. The highest BCUT2D eigenvalue weighted by atomic mass is 16.2. The van der Waals surface area contributed by atoms with Crippen molar-refractivity contribution in [2.75, 3.05) is 5.32 Å². The number of primary amides is 1. The first kappa shape index (κ1) is 13.8. The molecule has 20 heavy (non-hydrogen) atoms.